The van der Waals surface area contributed by atoms with Crippen LogP contribution in [0.5, 0.6) is 11.8 Å². The molecule has 0 aliphatic carbocycles. The van der Waals surface area contributed by atoms with E-state index >= 15 is 0 Å². The summed E-state index contributed by atoms with van der Waals surface area (Å²) < 4.78 is 23.9. The number of nitrogens with one attached hydrogen (secondary N) is 1. The van der Waals surface area contributed by atoms with Crippen LogP contribution in [0, 0.1) is 5.82 Å². The monoisotopic (exact) mass is 284 g/mol. The molecule has 0 radical (unpaired) electrons. The van der Waals surface area contributed by atoms with Crippen molar-refractivity contribution in [3.05, 3.63) is 41.0 Å². The fraction of sp³-hybridized carbons (Fsp3) is 0.308. The maximum Gasteiger partial charge on any atom is 0.399 e. The van der Waals surface area contributed by atoms with Gasteiger partial charge >= 0.3 is 6.08 Å². The van der Waals surface area contributed by atoms with Gasteiger partial charge in [0, 0.05) is 6.54 Å². The number of rotatable bonds is 6. The molecule has 0 aliphatic rings. The molecule has 4 nitrogen and oxygen atoms in total. The Labute approximate surface area is 115 Å². The minimum Gasteiger partial charge on any atom is -0.417 e. The fourth-order valence-corrected chi connectivity index (χ4v) is 1.63. The maximum atomic E-state index is 13.6. The number of hydrogen-bond acceptors (Lipinski definition) is 4. The molecule has 1 heterocycles. The summed E-state index contributed by atoms with van der Waals surface area (Å²) in [5, 5.41) is 3.17. The van der Waals surface area contributed by atoms with Crippen LogP contribution in [0.3, 0.4) is 0 Å². The molecule has 0 saturated heterocycles. The van der Waals surface area contributed by atoms with Crippen molar-refractivity contribution in [1.29, 1.82) is 0 Å². The summed E-state index contributed by atoms with van der Waals surface area (Å²) in [6.45, 7) is 3.55. The van der Waals surface area contributed by atoms with E-state index < -0.39 is 5.82 Å². The average molecular weight is 285 g/mol. The molecule has 0 fully saturated rings. The van der Waals surface area contributed by atoms with E-state index in [0.717, 1.165) is 13.0 Å². The van der Waals surface area contributed by atoms with Crippen molar-refractivity contribution in [2.45, 2.75) is 19.9 Å². The largest absolute Gasteiger partial charge is 0.417 e. The van der Waals surface area contributed by atoms with Crippen LogP contribution in [0.4, 0.5) is 4.39 Å². The SMILES string of the molecule is CCCNCc1coc(Oc2cccc(Cl)c2F)n1. The molecular formula is C13H14ClFN2O2. The first-order valence-corrected chi connectivity index (χ1v) is 6.35. The topological polar surface area (TPSA) is 47.3 Å². The van der Waals surface area contributed by atoms with Gasteiger partial charge in [-0.05, 0) is 25.1 Å². The van der Waals surface area contributed by atoms with Gasteiger partial charge in [-0.1, -0.05) is 24.6 Å². The van der Waals surface area contributed by atoms with E-state index in [9.17, 15) is 4.39 Å². The minimum atomic E-state index is -0.631. The van der Waals surface area contributed by atoms with Crippen LogP contribution in [0.15, 0.2) is 28.9 Å². The maximum absolute atomic E-state index is 13.6. The zero-order valence-corrected chi connectivity index (χ0v) is 11.2. The molecule has 0 saturated carbocycles. The molecule has 0 aliphatic heterocycles. The first-order chi connectivity index (χ1) is 9.20. The molecule has 0 spiro atoms. The lowest BCUT2D eigenvalue weighted by atomic mass is 10.3. The standard InChI is InChI=1S/C13H14ClFN2O2/c1-2-6-16-7-9-8-18-13(17-9)19-11-5-3-4-10(14)12(11)15/h3-5,8,16H,2,6-7H2,1H3. The third-order valence-electron chi connectivity index (χ3n) is 2.38. The van der Waals surface area contributed by atoms with Gasteiger partial charge in [-0.15, -0.1) is 0 Å². The highest BCUT2D eigenvalue weighted by Gasteiger charge is 2.12. The highest BCUT2D eigenvalue weighted by molar-refractivity contribution is 6.30. The van der Waals surface area contributed by atoms with Crippen LogP contribution < -0.4 is 10.1 Å². The Balaban J connectivity index is 2.01. The first-order valence-electron chi connectivity index (χ1n) is 5.97. The molecule has 6 heteroatoms. The van der Waals surface area contributed by atoms with Crippen molar-refractivity contribution in [3.8, 4) is 11.8 Å². The normalized spacial score (nSPS) is 10.7. The van der Waals surface area contributed by atoms with E-state index in [1.165, 1.54) is 18.4 Å². The van der Waals surface area contributed by atoms with Crippen LogP contribution >= 0.6 is 11.6 Å². The second-order valence-corrected chi connectivity index (χ2v) is 4.34. The molecule has 1 N–H and O–H groups in total. The number of oxazole rings is 1. The molecular weight excluding hydrogens is 271 g/mol. The van der Waals surface area contributed by atoms with Crippen LogP contribution in [-0.4, -0.2) is 11.5 Å². The van der Waals surface area contributed by atoms with Gasteiger partial charge in [-0.2, -0.15) is 4.98 Å². The van der Waals surface area contributed by atoms with Gasteiger partial charge < -0.3 is 14.5 Å². The Kier molecular flexibility index (Phi) is 4.76. The van der Waals surface area contributed by atoms with E-state index in [1.807, 2.05) is 0 Å². The Morgan fingerprint density at radius 3 is 3.11 bits per heavy atom. The van der Waals surface area contributed by atoms with Gasteiger partial charge in [0.1, 0.15) is 6.26 Å². The fourth-order valence-electron chi connectivity index (χ4n) is 1.47. The van der Waals surface area contributed by atoms with Crippen LogP contribution in [0.2, 0.25) is 5.02 Å². The number of benzene rings is 1. The number of hydrogen-bond donors (Lipinski definition) is 1. The molecule has 19 heavy (non-hydrogen) atoms. The van der Waals surface area contributed by atoms with Gasteiger partial charge in [0.25, 0.3) is 0 Å². The Bertz CT molecular complexity index is 545. The van der Waals surface area contributed by atoms with Gasteiger partial charge in [-0.3, -0.25) is 0 Å². The highest BCUT2D eigenvalue weighted by atomic mass is 35.5. The molecule has 0 bridgehead atoms. The summed E-state index contributed by atoms with van der Waals surface area (Å²) in [6, 6.07) is 4.49. The third-order valence-corrected chi connectivity index (χ3v) is 2.67. The van der Waals surface area contributed by atoms with E-state index in [1.54, 1.807) is 6.07 Å². The summed E-state index contributed by atoms with van der Waals surface area (Å²) in [5.74, 6) is -0.643. The van der Waals surface area contributed by atoms with Crippen LogP contribution in [-0.2, 0) is 6.54 Å². The van der Waals surface area contributed by atoms with Crippen molar-refractivity contribution < 1.29 is 13.5 Å². The minimum absolute atomic E-state index is 0.00512. The zero-order chi connectivity index (χ0) is 13.7. The lowest BCUT2D eigenvalue weighted by Crippen LogP contribution is -2.13. The van der Waals surface area contributed by atoms with Crippen molar-refractivity contribution >= 4 is 11.6 Å². The smallest absolute Gasteiger partial charge is 0.399 e. The van der Waals surface area contributed by atoms with Gasteiger partial charge in [0.2, 0.25) is 0 Å². The van der Waals surface area contributed by atoms with E-state index in [2.05, 4.69) is 17.2 Å². The molecule has 2 aromatic rings. The van der Waals surface area contributed by atoms with E-state index in [0.29, 0.717) is 12.2 Å². The second kappa shape index (κ2) is 6.54. The number of aromatic nitrogens is 1. The molecule has 1 aromatic carbocycles. The Morgan fingerprint density at radius 2 is 2.32 bits per heavy atom. The van der Waals surface area contributed by atoms with Gasteiger partial charge in [-0.25, -0.2) is 4.39 Å². The number of nitrogens with zero attached hydrogens (tertiary/aromatic N) is 1. The molecule has 102 valence electrons. The Hall–Kier alpha value is -1.59. The van der Waals surface area contributed by atoms with Crippen molar-refractivity contribution in [1.82, 2.24) is 10.3 Å². The summed E-state index contributed by atoms with van der Waals surface area (Å²) in [6.07, 6.45) is 2.50. The number of halogens is 2. The van der Waals surface area contributed by atoms with Crippen molar-refractivity contribution in [2.24, 2.45) is 0 Å². The summed E-state index contributed by atoms with van der Waals surface area (Å²) in [4.78, 5) is 4.09. The molecule has 2 rings (SSSR count). The van der Waals surface area contributed by atoms with E-state index in [-0.39, 0.29) is 16.8 Å². The van der Waals surface area contributed by atoms with Crippen molar-refractivity contribution in [2.75, 3.05) is 6.54 Å². The molecule has 1 aromatic heterocycles. The van der Waals surface area contributed by atoms with Crippen molar-refractivity contribution in [3.63, 3.8) is 0 Å². The highest BCUT2D eigenvalue weighted by Crippen LogP contribution is 2.28. The summed E-state index contributed by atoms with van der Waals surface area (Å²) >= 11 is 5.65. The van der Waals surface area contributed by atoms with Crippen LogP contribution in [0.1, 0.15) is 19.0 Å². The first kappa shape index (κ1) is 13.8. The lowest BCUT2D eigenvalue weighted by molar-refractivity contribution is 0.318. The summed E-state index contributed by atoms with van der Waals surface area (Å²) in [7, 11) is 0. The second-order valence-electron chi connectivity index (χ2n) is 3.94. The molecule has 0 unspecified atom stereocenters. The predicted molar refractivity (Wildman–Crippen MR) is 70.0 cm³/mol. The quantitative estimate of drug-likeness (QED) is 0.821. The third kappa shape index (κ3) is 3.68. The Morgan fingerprint density at radius 1 is 1.47 bits per heavy atom. The van der Waals surface area contributed by atoms with Gasteiger partial charge in [0.15, 0.2) is 11.6 Å². The predicted octanol–water partition coefficient (Wildman–Crippen LogP) is 3.76. The van der Waals surface area contributed by atoms with Gasteiger partial charge in [0.05, 0.1) is 10.7 Å². The van der Waals surface area contributed by atoms with Crippen LogP contribution in [0.25, 0.3) is 0 Å². The van der Waals surface area contributed by atoms with E-state index in [4.69, 9.17) is 20.8 Å². The lowest BCUT2D eigenvalue weighted by Gasteiger charge is -2.02. The number of ether oxygens (including phenoxy) is 1. The average Bonchev–Trinajstić information content (AvgIpc) is 2.83. The molecule has 0 amide bonds. The zero-order valence-electron chi connectivity index (χ0n) is 10.5. The molecule has 0 atom stereocenters. The summed E-state index contributed by atoms with van der Waals surface area (Å²) in [5.41, 5.74) is 0.700.